The topological polar surface area (TPSA) is 56.8 Å². The average molecular weight is 350 g/mol. The largest absolute Gasteiger partial charge is 0.341 e. The molecule has 3 rings (SSSR count). The van der Waals surface area contributed by atoms with Gasteiger partial charge in [-0.05, 0) is 40.3 Å². The highest BCUT2D eigenvalue weighted by Crippen LogP contribution is 2.40. The highest BCUT2D eigenvalue weighted by molar-refractivity contribution is 7.09. The van der Waals surface area contributed by atoms with Crippen LogP contribution in [0.3, 0.4) is 0 Å². The Balaban J connectivity index is 1.69. The Morgan fingerprint density at radius 3 is 2.83 bits per heavy atom. The third-order valence-corrected chi connectivity index (χ3v) is 5.89. The number of thiazole rings is 1. The molecule has 2 aliphatic heterocycles. The van der Waals surface area contributed by atoms with Crippen molar-refractivity contribution in [3.8, 4) is 0 Å². The van der Waals surface area contributed by atoms with E-state index in [1.807, 2.05) is 36.2 Å². The summed E-state index contributed by atoms with van der Waals surface area (Å²) in [5.74, 6) is 0.203. The van der Waals surface area contributed by atoms with E-state index in [-0.39, 0.29) is 17.2 Å². The van der Waals surface area contributed by atoms with Crippen molar-refractivity contribution in [1.82, 2.24) is 19.7 Å². The van der Waals surface area contributed by atoms with Gasteiger partial charge in [0.15, 0.2) is 0 Å². The van der Waals surface area contributed by atoms with Crippen molar-refractivity contribution >= 4 is 23.2 Å². The number of amides is 2. The quantitative estimate of drug-likeness (QED) is 0.825. The third kappa shape index (κ3) is 3.32. The fourth-order valence-electron chi connectivity index (χ4n) is 3.73. The smallest absolute Gasteiger partial charge is 0.273 e. The van der Waals surface area contributed by atoms with Crippen molar-refractivity contribution in [2.45, 2.75) is 26.2 Å². The van der Waals surface area contributed by atoms with Gasteiger partial charge in [-0.3, -0.25) is 9.59 Å². The number of aromatic nitrogens is 1. The van der Waals surface area contributed by atoms with Gasteiger partial charge in [-0.15, -0.1) is 11.3 Å². The van der Waals surface area contributed by atoms with Gasteiger partial charge in [-0.2, -0.15) is 0 Å². The molecule has 1 unspecified atom stereocenters. The maximum absolute atomic E-state index is 13.0. The summed E-state index contributed by atoms with van der Waals surface area (Å²) in [6, 6.07) is 0. The number of carbonyl (C=O) groups excluding carboxylic acids is 2. The Morgan fingerprint density at radius 2 is 2.17 bits per heavy atom. The number of hydrogen-bond acceptors (Lipinski definition) is 5. The number of likely N-dealkylation sites (N-methyl/N-ethyl adjacent to an activating group) is 1. The predicted molar refractivity (Wildman–Crippen MR) is 94.2 cm³/mol. The molecule has 0 radical (unpaired) electrons. The molecule has 1 spiro atoms. The van der Waals surface area contributed by atoms with Gasteiger partial charge in [-0.25, -0.2) is 4.98 Å². The highest BCUT2D eigenvalue weighted by atomic mass is 32.1. The summed E-state index contributed by atoms with van der Waals surface area (Å²) in [6.07, 6.45) is 2.64. The van der Waals surface area contributed by atoms with E-state index < -0.39 is 0 Å². The van der Waals surface area contributed by atoms with Crippen molar-refractivity contribution in [3.63, 3.8) is 0 Å². The molecule has 0 N–H and O–H groups in total. The van der Waals surface area contributed by atoms with Crippen molar-refractivity contribution < 1.29 is 9.59 Å². The van der Waals surface area contributed by atoms with Gasteiger partial charge >= 0.3 is 0 Å². The summed E-state index contributed by atoms with van der Waals surface area (Å²) in [5, 5.41) is 2.72. The van der Waals surface area contributed by atoms with Crippen LogP contribution in [0.15, 0.2) is 5.38 Å². The van der Waals surface area contributed by atoms with Crippen LogP contribution in [0.5, 0.6) is 0 Å². The van der Waals surface area contributed by atoms with Crippen molar-refractivity contribution in [2.75, 3.05) is 46.8 Å². The molecule has 2 fully saturated rings. The first-order valence-corrected chi connectivity index (χ1v) is 9.45. The lowest BCUT2D eigenvalue weighted by Crippen LogP contribution is -2.50. The van der Waals surface area contributed by atoms with Gasteiger partial charge in [0.25, 0.3) is 5.91 Å². The van der Waals surface area contributed by atoms with Crippen molar-refractivity contribution in [2.24, 2.45) is 5.41 Å². The summed E-state index contributed by atoms with van der Waals surface area (Å²) in [4.78, 5) is 35.9. The van der Waals surface area contributed by atoms with Crippen LogP contribution in [0.25, 0.3) is 0 Å². The van der Waals surface area contributed by atoms with Gasteiger partial charge in [0, 0.05) is 38.1 Å². The van der Waals surface area contributed by atoms with E-state index in [9.17, 15) is 9.59 Å². The van der Waals surface area contributed by atoms with Crippen LogP contribution >= 0.6 is 11.3 Å². The maximum Gasteiger partial charge on any atom is 0.273 e. The molecule has 7 heteroatoms. The molecular weight excluding hydrogens is 324 g/mol. The van der Waals surface area contributed by atoms with E-state index in [0.29, 0.717) is 12.2 Å². The monoisotopic (exact) mass is 350 g/mol. The Hall–Kier alpha value is -1.47. The SMILES string of the molecule is Cc1nc(C(=O)N2CCCC3(CCN(CCN(C)C)C3=O)C2)cs1. The van der Waals surface area contributed by atoms with Crippen LogP contribution in [0.2, 0.25) is 0 Å². The van der Waals surface area contributed by atoms with Crippen LogP contribution in [-0.4, -0.2) is 78.3 Å². The molecule has 1 aromatic rings. The Kier molecular flexibility index (Phi) is 4.92. The molecule has 0 bridgehead atoms. The minimum Gasteiger partial charge on any atom is -0.341 e. The number of likely N-dealkylation sites (tertiary alicyclic amines) is 2. The van der Waals surface area contributed by atoms with Crippen molar-refractivity contribution in [1.29, 1.82) is 0 Å². The molecule has 2 aliphatic rings. The molecule has 0 saturated carbocycles. The molecule has 0 aromatic carbocycles. The van der Waals surface area contributed by atoms with Crippen LogP contribution in [0.4, 0.5) is 0 Å². The summed E-state index contributed by atoms with van der Waals surface area (Å²) in [5.41, 5.74) is 0.148. The summed E-state index contributed by atoms with van der Waals surface area (Å²) in [6.45, 7) is 5.63. The first-order valence-electron chi connectivity index (χ1n) is 8.57. The van der Waals surface area contributed by atoms with Crippen LogP contribution < -0.4 is 0 Å². The molecule has 24 heavy (non-hydrogen) atoms. The van der Waals surface area contributed by atoms with Crippen LogP contribution in [0.1, 0.15) is 34.8 Å². The third-order valence-electron chi connectivity index (χ3n) is 5.12. The lowest BCUT2D eigenvalue weighted by Gasteiger charge is -2.38. The molecule has 0 aliphatic carbocycles. The zero-order valence-electron chi connectivity index (χ0n) is 14.7. The van der Waals surface area contributed by atoms with E-state index >= 15 is 0 Å². The number of carbonyl (C=O) groups is 2. The van der Waals surface area contributed by atoms with E-state index in [4.69, 9.17) is 0 Å². The second-order valence-electron chi connectivity index (χ2n) is 7.21. The van der Waals surface area contributed by atoms with Crippen LogP contribution in [-0.2, 0) is 4.79 Å². The molecule has 6 nitrogen and oxygen atoms in total. The zero-order valence-corrected chi connectivity index (χ0v) is 15.6. The first kappa shape index (κ1) is 17.4. The summed E-state index contributed by atoms with van der Waals surface area (Å²) < 4.78 is 0. The Labute approximate surface area is 147 Å². The maximum atomic E-state index is 13.0. The number of rotatable bonds is 4. The van der Waals surface area contributed by atoms with Gasteiger partial charge in [0.1, 0.15) is 5.69 Å². The molecule has 1 aromatic heterocycles. The number of nitrogens with zero attached hydrogens (tertiary/aromatic N) is 4. The lowest BCUT2D eigenvalue weighted by molar-refractivity contribution is -0.138. The van der Waals surface area contributed by atoms with Gasteiger partial charge < -0.3 is 14.7 Å². The highest BCUT2D eigenvalue weighted by Gasteiger charge is 2.49. The summed E-state index contributed by atoms with van der Waals surface area (Å²) in [7, 11) is 4.04. The van der Waals surface area contributed by atoms with Gasteiger partial charge in [0.2, 0.25) is 5.91 Å². The predicted octanol–water partition coefficient (Wildman–Crippen LogP) is 1.47. The van der Waals surface area contributed by atoms with E-state index in [0.717, 1.165) is 50.4 Å². The lowest BCUT2D eigenvalue weighted by atomic mass is 9.78. The molecule has 132 valence electrons. The molecular formula is C17H26N4O2S. The standard InChI is InChI=1S/C17H26N4O2S/c1-13-18-14(11-24-13)15(22)21-7-4-5-17(12-21)6-8-20(16(17)23)10-9-19(2)3/h11H,4-10,12H2,1-3H3. The van der Waals surface area contributed by atoms with Crippen LogP contribution in [0, 0.1) is 12.3 Å². The second-order valence-corrected chi connectivity index (χ2v) is 8.27. The van der Waals surface area contributed by atoms with E-state index in [1.54, 1.807) is 0 Å². The Bertz CT molecular complexity index is 630. The van der Waals surface area contributed by atoms with Gasteiger partial charge in [-0.1, -0.05) is 0 Å². The molecule has 3 heterocycles. The molecule has 2 saturated heterocycles. The number of piperidine rings is 1. The normalized spacial score (nSPS) is 24.4. The van der Waals surface area contributed by atoms with E-state index in [1.165, 1.54) is 11.3 Å². The van der Waals surface area contributed by atoms with Gasteiger partial charge in [0.05, 0.1) is 10.4 Å². The van der Waals surface area contributed by atoms with Crippen molar-refractivity contribution in [3.05, 3.63) is 16.1 Å². The molecule has 1 atom stereocenters. The average Bonchev–Trinajstić information content (AvgIpc) is 3.11. The first-order chi connectivity index (χ1) is 11.4. The molecule has 2 amide bonds. The summed E-state index contributed by atoms with van der Waals surface area (Å²) >= 11 is 1.49. The Morgan fingerprint density at radius 1 is 1.38 bits per heavy atom. The second kappa shape index (κ2) is 6.80. The zero-order chi connectivity index (χ0) is 17.3. The number of hydrogen-bond donors (Lipinski definition) is 0. The minimum absolute atomic E-state index is 0.0297. The minimum atomic E-state index is -0.370. The van der Waals surface area contributed by atoms with E-state index in [2.05, 4.69) is 9.88 Å². The fraction of sp³-hybridized carbons (Fsp3) is 0.706. The fourth-order valence-corrected chi connectivity index (χ4v) is 4.32. The number of aryl methyl sites for hydroxylation is 1.